The number of rotatable bonds is 1. The van der Waals surface area contributed by atoms with E-state index in [0.717, 1.165) is 5.69 Å². The monoisotopic (exact) mass is 160 g/mol. The van der Waals surface area contributed by atoms with Gasteiger partial charge in [0.15, 0.2) is 0 Å². The average Bonchev–Trinajstić information content (AvgIpc) is 2.46. The molecule has 2 aromatic rings. The highest BCUT2D eigenvalue weighted by Crippen LogP contribution is 2.22. The van der Waals surface area contributed by atoms with Crippen molar-refractivity contribution in [3.8, 4) is 0 Å². The summed E-state index contributed by atoms with van der Waals surface area (Å²) in [6, 6.07) is 6.40. The van der Waals surface area contributed by atoms with E-state index in [4.69, 9.17) is 0 Å². The van der Waals surface area contributed by atoms with Crippen molar-refractivity contribution in [3.63, 3.8) is 0 Å². The second kappa shape index (κ2) is 2.55. The molecule has 0 fully saturated rings. The number of fused-ring (bicyclic) bond motifs is 1. The quantitative estimate of drug-likeness (QED) is 0.659. The number of benzene rings is 1. The average molecular weight is 160 g/mol. The van der Waals surface area contributed by atoms with Crippen LogP contribution < -0.4 is 5.32 Å². The van der Waals surface area contributed by atoms with Gasteiger partial charge in [-0.25, -0.2) is 0 Å². The minimum Gasteiger partial charge on any atom is -0.386 e. The predicted octanol–water partition coefficient (Wildman–Crippen LogP) is 2.52. The van der Waals surface area contributed by atoms with Gasteiger partial charge in [0, 0.05) is 24.1 Å². The van der Waals surface area contributed by atoms with E-state index in [1.54, 1.807) is 0 Å². The van der Waals surface area contributed by atoms with Crippen molar-refractivity contribution >= 4 is 16.6 Å². The summed E-state index contributed by atoms with van der Waals surface area (Å²) in [6.45, 7) is 2.10. The highest BCUT2D eigenvalue weighted by molar-refractivity contribution is 5.92. The number of nitrogens with one attached hydrogen (secondary N) is 2. The van der Waals surface area contributed by atoms with Gasteiger partial charge in [-0.05, 0) is 18.6 Å². The topological polar surface area (TPSA) is 27.8 Å². The molecule has 62 valence electrons. The van der Waals surface area contributed by atoms with E-state index in [0.29, 0.717) is 0 Å². The molecule has 12 heavy (non-hydrogen) atoms. The Morgan fingerprint density at radius 1 is 1.33 bits per heavy atom. The molecule has 0 saturated carbocycles. The van der Waals surface area contributed by atoms with E-state index in [-0.39, 0.29) is 0 Å². The Labute approximate surface area is 71.6 Å². The second-order valence-electron chi connectivity index (χ2n) is 3.00. The van der Waals surface area contributed by atoms with Gasteiger partial charge in [-0.1, -0.05) is 12.1 Å². The van der Waals surface area contributed by atoms with Crippen LogP contribution in [0, 0.1) is 6.92 Å². The third-order valence-electron chi connectivity index (χ3n) is 2.11. The van der Waals surface area contributed by atoms with Gasteiger partial charge in [0.2, 0.25) is 0 Å². The molecule has 2 heteroatoms. The molecule has 0 unspecified atom stereocenters. The zero-order chi connectivity index (χ0) is 8.55. The zero-order valence-electron chi connectivity index (χ0n) is 7.31. The molecule has 1 heterocycles. The Hall–Kier alpha value is -1.44. The number of hydrogen-bond acceptors (Lipinski definition) is 1. The van der Waals surface area contributed by atoms with Crippen molar-refractivity contribution in [2.45, 2.75) is 6.92 Å². The van der Waals surface area contributed by atoms with Gasteiger partial charge in [0.25, 0.3) is 0 Å². The molecule has 0 atom stereocenters. The van der Waals surface area contributed by atoms with Crippen molar-refractivity contribution in [1.29, 1.82) is 0 Å². The van der Waals surface area contributed by atoms with Crippen LogP contribution in [0.2, 0.25) is 0 Å². The Morgan fingerprint density at radius 3 is 2.92 bits per heavy atom. The molecule has 0 aliphatic heterocycles. The first-order chi connectivity index (χ1) is 5.81. The fourth-order valence-corrected chi connectivity index (χ4v) is 1.45. The third kappa shape index (κ3) is 0.961. The van der Waals surface area contributed by atoms with Crippen molar-refractivity contribution in [2.24, 2.45) is 0 Å². The van der Waals surface area contributed by atoms with Crippen molar-refractivity contribution < 1.29 is 0 Å². The second-order valence-corrected chi connectivity index (χ2v) is 3.00. The number of aryl methyl sites for hydroxylation is 1. The number of anilines is 1. The van der Waals surface area contributed by atoms with E-state index >= 15 is 0 Å². The summed E-state index contributed by atoms with van der Waals surface area (Å²) in [5.74, 6) is 0. The Bertz CT molecular complexity index is 401. The SMILES string of the molecule is CNc1c[nH]c2cc(C)ccc12. The number of aromatic amines is 1. The molecule has 2 rings (SSSR count). The maximum Gasteiger partial charge on any atom is 0.0595 e. The van der Waals surface area contributed by atoms with Gasteiger partial charge in [0.05, 0.1) is 5.69 Å². The summed E-state index contributed by atoms with van der Waals surface area (Å²) in [4.78, 5) is 3.22. The third-order valence-corrected chi connectivity index (χ3v) is 2.11. The van der Waals surface area contributed by atoms with Crippen LogP contribution in [0.1, 0.15) is 5.56 Å². The molecule has 0 spiro atoms. The summed E-state index contributed by atoms with van der Waals surface area (Å²) in [7, 11) is 1.93. The fourth-order valence-electron chi connectivity index (χ4n) is 1.45. The Balaban J connectivity index is 2.73. The Morgan fingerprint density at radius 2 is 2.17 bits per heavy atom. The molecule has 0 aliphatic carbocycles. The van der Waals surface area contributed by atoms with Crippen LogP contribution in [0.3, 0.4) is 0 Å². The van der Waals surface area contributed by atoms with Crippen LogP contribution in [-0.4, -0.2) is 12.0 Å². The smallest absolute Gasteiger partial charge is 0.0595 e. The lowest BCUT2D eigenvalue weighted by Crippen LogP contribution is -1.84. The first-order valence-electron chi connectivity index (χ1n) is 4.07. The molecular formula is C10H12N2. The van der Waals surface area contributed by atoms with Gasteiger partial charge in [-0.3, -0.25) is 0 Å². The maximum atomic E-state index is 3.22. The van der Waals surface area contributed by atoms with E-state index in [1.165, 1.54) is 16.5 Å². The number of H-pyrrole nitrogens is 1. The lowest BCUT2D eigenvalue weighted by atomic mass is 10.2. The highest BCUT2D eigenvalue weighted by Gasteiger charge is 1.99. The molecule has 1 aromatic heterocycles. The highest BCUT2D eigenvalue weighted by atomic mass is 14.9. The van der Waals surface area contributed by atoms with Crippen molar-refractivity contribution in [3.05, 3.63) is 30.0 Å². The normalized spacial score (nSPS) is 10.5. The van der Waals surface area contributed by atoms with Crippen LogP contribution in [0.4, 0.5) is 5.69 Å². The molecule has 0 bridgehead atoms. The fraction of sp³-hybridized carbons (Fsp3) is 0.200. The first-order valence-corrected chi connectivity index (χ1v) is 4.07. The molecule has 2 nitrogen and oxygen atoms in total. The summed E-state index contributed by atoms with van der Waals surface area (Å²) in [5.41, 5.74) is 3.64. The number of hydrogen-bond donors (Lipinski definition) is 2. The summed E-state index contributed by atoms with van der Waals surface area (Å²) >= 11 is 0. The van der Waals surface area contributed by atoms with Gasteiger partial charge < -0.3 is 10.3 Å². The van der Waals surface area contributed by atoms with Gasteiger partial charge in [-0.15, -0.1) is 0 Å². The van der Waals surface area contributed by atoms with Crippen LogP contribution >= 0.6 is 0 Å². The van der Waals surface area contributed by atoms with E-state index in [2.05, 4.69) is 35.4 Å². The van der Waals surface area contributed by atoms with E-state index in [1.807, 2.05) is 13.2 Å². The summed E-state index contributed by atoms with van der Waals surface area (Å²) in [5, 5.41) is 4.39. The molecular weight excluding hydrogens is 148 g/mol. The molecule has 1 aromatic carbocycles. The summed E-state index contributed by atoms with van der Waals surface area (Å²) in [6.07, 6.45) is 1.99. The largest absolute Gasteiger partial charge is 0.386 e. The Kier molecular flexibility index (Phi) is 1.54. The van der Waals surface area contributed by atoms with Crippen molar-refractivity contribution in [1.82, 2.24) is 4.98 Å². The number of aromatic nitrogens is 1. The first kappa shape index (κ1) is 7.22. The molecule has 2 N–H and O–H groups in total. The summed E-state index contributed by atoms with van der Waals surface area (Å²) < 4.78 is 0. The van der Waals surface area contributed by atoms with Gasteiger partial charge in [-0.2, -0.15) is 0 Å². The van der Waals surface area contributed by atoms with Crippen LogP contribution in [0.15, 0.2) is 24.4 Å². The van der Waals surface area contributed by atoms with Gasteiger partial charge >= 0.3 is 0 Å². The minimum absolute atomic E-state index is 1.16. The lowest BCUT2D eigenvalue weighted by molar-refractivity contribution is 1.43. The molecule has 0 amide bonds. The molecule has 0 saturated heterocycles. The molecule has 0 radical (unpaired) electrons. The lowest BCUT2D eigenvalue weighted by Gasteiger charge is -1.96. The maximum absolute atomic E-state index is 3.22. The zero-order valence-corrected chi connectivity index (χ0v) is 7.31. The van der Waals surface area contributed by atoms with Crippen LogP contribution in [-0.2, 0) is 0 Å². The standard InChI is InChI=1S/C10H12N2/c1-7-3-4-8-9(5-7)12-6-10(8)11-2/h3-6,11-12H,1-2H3. The minimum atomic E-state index is 1.16. The van der Waals surface area contributed by atoms with Gasteiger partial charge in [0.1, 0.15) is 0 Å². The van der Waals surface area contributed by atoms with Crippen molar-refractivity contribution in [2.75, 3.05) is 12.4 Å². The van der Waals surface area contributed by atoms with Crippen LogP contribution in [0.5, 0.6) is 0 Å². The van der Waals surface area contributed by atoms with E-state index < -0.39 is 0 Å². The van der Waals surface area contributed by atoms with Crippen LogP contribution in [0.25, 0.3) is 10.9 Å². The molecule has 0 aliphatic rings. The van der Waals surface area contributed by atoms with E-state index in [9.17, 15) is 0 Å². The predicted molar refractivity (Wildman–Crippen MR) is 52.6 cm³/mol.